The molecule has 0 aromatic carbocycles. The Balaban J connectivity index is 1.69. The summed E-state index contributed by atoms with van der Waals surface area (Å²) < 4.78 is 22.5. The summed E-state index contributed by atoms with van der Waals surface area (Å²) in [7, 11) is -2.79. The molecule has 2 aliphatic rings. The van der Waals surface area contributed by atoms with E-state index < -0.39 is 9.84 Å². The van der Waals surface area contributed by atoms with Gasteiger partial charge >= 0.3 is 0 Å². The molecule has 0 spiro atoms. The molecule has 5 nitrogen and oxygen atoms in total. The van der Waals surface area contributed by atoms with Crippen molar-refractivity contribution in [2.24, 2.45) is 0 Å². The normalized spacial score (nSPS) is 26.3. The monoisotopic (exact) mass is 257 g/mol. The van der Waals surface area contributed by atoms with E-state index in [1.54, 1.807) is 0 Å². The van der Waals surface area contributed by atoms with Gasteiger partial charge in [0.25, 0.3) is 0 Å². The Kier molecular flexibility index (Phi) is 4.02. The molecule has 1 atom stereocenters. The summed E-state index contributed by atoms with van der Waals surface area (Å²) in [5.74, 6) is 0.528. The zero-order chi connectivity index (χ0) is 12.3. The van der Waals surface area contributed by atoms with Crippen molar-refractivity contribution in [2.45, 2.75) is 31.3 Å². The van der Waals surface area contributed by atoms with Crippen LogP contribution >= 0.6 is 0 Å². The zero-order valence-electron chi connectivity index (χ0n) is 9.93. The summed E-state index contributed by atoms with van der Waals surface area (Å²) in [4.78, 5) is 2.14. The van der Waals surface area contributed by atoms with Gasteiger partial charge in [0, 0.05) is 25.7 Å². The van der Waals surface area contributed by atoms with E-state index >= 15 is 0 Å². The van der Waals surface area contributed by atoms with Crippen molar-refractivity contribution in [1.82, 2.24) is 10.2 Å². The molecule has 1 aliphatic carbocycles. The van der Waals surface area contributed by atoms with E-state index in [-0.39, 0.29) is 17.5 Å². The zero-order valence-corrected chi connectivity index (χ0v) is 10.7. The SMILES string of the molecule is N#CC(CCN1CCS(=O)(=O)CC1)NC1CC1. The van der Waals surface area contributed by atoms with Crippen LogP contribution in [0.3, 0.4) is 0 Å². The molecule has 1 N–H and O–H groups in total. The Morgan fingerprint density at radius 1 is 1.35 bits per heavy atom. The Morgan fingerprint density at radius 2 is 2.00 bits per heavy atom. The Morgan fingerprint density at radius 3 is 2.53 bits per heavy atom. The van der Waals surface area contributed by atoms with Crippen LogP contribution in [0.15, 0.2) is 0 Å². The van der Waals surface area contributed by atoms with Gasteiger partial charge < -0.3 is 4.90 Å². The van der Waals surface area contributed by atoms with Crippen LogP contribution in [0.4, 0.5) is 0 Å². The Labute approximate surface area is 103 Å². The second-order valence-electron chi connectivity index (χ2n) is 4.90. The molecule has 0 bridgehead atoms. The minimum atomic E-state index is -2.79. The quantitative estimate of drug-likeness (QED) is 0.735. The fourth-order valence-electron chi connectivity index (χ4n) is 2.01. The molecule has 0 amide bonds. The third kappa shape index (κ3) is 4.26. The molecule has 1 saturated heterocycles. The molecular formula is C11H19N3O2S. The van der Waals surface area contributed by atoms with E-state index in [0.29, 0.717) is 19.1 Å². The summed E-state index contributed by atoms with van der Waals surface area (Å²) in [5, 5.41) is 12.3. The maximum absolute atomic E-state index is 11.3. The molecule has 6 heteroatoms. The number of hydrogen-bond donors (Lipinski definition) is 1. The summed E-state index contributed by atoms with van der Waals surface area (Å²) in [6, 6.07) is 2.73. The van der Waals surface area contributed by atoms with Crippen LogP contribution in [-0.2, 0) is 9.84 Å². The lowest BCUT2D eigenvalue weighted by Crippen LogP contribution is -2.42. The van der Waals surface area contributed by atoms with Crippen LogP contribution in [0.2, 0.25) is 0 Å². The average Bonchev–Trinajstić information content (AvgIpc) is 3.09. The van der Waals surface area contributed by atoms with E-state index in [2.05, 4.69) is 16.3 Å². The van der Waals surface area contributed by atoms with Crippen LogP contribution < -0.4 is 5.32 Å². The molecule has 0 radical (unpaired) electrons. The van der Waals surface area contributed by atoms with Crippen LogP contribution in [0.25, 0.3) is 0 Å². The number of nitriles is 1. The summed E-state index contributed by atoms with van der Waals surface area (Å²) in [6.45, 7) is 2.04. The maximum Gasteiger partial charge on any atom is 0.152 e. The molecule has 1 unspecified atom stereocenters. The first kappa shape index (κ1) is 12.8. The molecule has 96 valence electrons. The number of hydrogen-bond acceptors (Lipinski definition) is 5. The molecule has 1 saturated carbocycles. The molecular weight excluding hydrogens is 238 g/mol. The van der Waals surface area contributed by atoms with Gasteiger partial charge in [-0.3, -0.25) is 5.32 Å². The Bertz CT molecular complexity index is 383. The first-order chi connectivity index (χ1) is 8.09. The van der Waals surface area contributed by atoms with E-state index in [0.717, 1.165) is 13.0 Å². The molecule has 17 heavy (non-hydrogen) atoms. The molecule has 2 rings (SSSR count). The number of nitrogens with zero attached hydrogens (tertiary/aromatic N) is 2. The van der Waals surface area contributed by atoms with Crippen molar-refractivity contribution < 1.29 is 8.42 Å². The standard InChI is InChI=1S/C11H19N3O2S/c12-9-11(13-10-1-2-10)3-4-14-5-7-17(15,16)8-6-14/h10-11,13H,1-8H2. The van der Waals surface area contributed by atoms with Crippen molar-refractivity contribution >= 4 is 9.84 Å². The van der Waals surface area contributed by atoms with Crippen molar-refractivity contribution in [3.63, 3.8) is 0 Å². The van der Waals surface area contributed by atoms with Crippen LogP contribution in [0, 0.1) is 11.3 Å². The summed E-state index contributed by atoms with van der Waals surface area (Å²) in [5.41, 5.74) is 0. The number of rotatable bonds is 5. The van der Waals surface area contributed by atoms with Crippen LogP contribution in [0.1, 0.15) is 19.3 Å². The minimum absolute atomic E-state index is 0.0824. The fourth-order valence-corrected chi connectivity index (χ4v) is 3.28. The van der Waals surface area contributed by atoms with Crippen molar-refractivity contribution in [3.8, 4) is 6.07 Å². The highest BCUT2D eigenvalue weighted by atomic mass is 32.2. The predicted octanol–water partition coefficient (Wildman–Crippen LogP) is -0.249. The number of nitrogens with one attached hydrogen (secondary N) is 1. The van der Waals surface area contributed by atoms with Crippen LogP contribution in [-0.4, -0.2) is 56.5 Å². The highest BCUT2D eigenvalue weighted by Crippen LogP contribution is 2.19. The highest BCUT2D eigenvalue weighted by molar-refractivity contribution is 7.91. The van der Waals surface area contributed by atoms with Crippen molar-refractivity contribution in [1.29, 1.82) is 5.26 Å². The molecule has 2 fully saturated rings. The number of sulfone groups is 1. The predicted molar refractivity (Wildman–Crippen MR) is 65.3 cm³/mol. The Hall–Kier alpha value is -0.640. The van der Waals surface area contributed by atoms with E-state index in [1.807, 2.05) is 0 Å². The van der Waals surface area contributed by atoms with Gasteiger partial charge in [-0.15, -0.1) is 0 Å². The largest absolute Gasteiger partial charge is 0.301 e. The van der Waals surface area contributed by atoms with Gasteiger partial charge in [-0.2, -0.15) is 5.26 Å². The minimum Gasteiger partial charge on any atom is -0.301 e. The van der Waals surface area contributed by atoms with E-state index in [4.69, 9.17) is 5.26 Å². The van der Waals surface area contributed by atoms with Crippen molar-refractivity contribution in [3.05, 3.63) is 0 Å². The lowest BCUT2D eigenvalue weighted by molar-refractivity contribution is 0.283. The second kappa shape index (κ2) is 5.34. The molecule has 0 aromatic heterocycles. The van der Waals surface area contributed by atoms with Gasteiger partial charge in [0.15, 0.2) is 9.84 Å². The average molecular weight is 257 g/mol. The highest BCUT2D eigenvalue weighted by Gasteiger charge is 2.26. The van der Waals surface area contributed by atoms with Crippen LogP contribution in [0.5, 0.6) is 0 Å². The smallest absolute Gasteiger partial charge is 0.152 e. The third-order valence-electron chi connectivity index (χ3n) is 3.34. The third-order valence-corrected chi connectivity index (χ3v) is 4.95. The lowest BCUT2D eigenvalue weighted by Gasteiger charge is -2.27. The van der Waals surface area contributed by atoms with Gasteiger partial charge in [-0.05, 0) is 19.3 Å². The van der Waals surface area contributed by atoms with E-state index in [1.165, 1.54) is 12.8 Å². The first-order valence-electron chi connectivity index (χ1n) is 6.17. The molecule has 1 heterocycles. The van der Waals surface area contributed by atoms with Gasteiger partial charge in [0.1, 0.15) is 0 Å². The maximum atomic E-state index is 11.3. The topological polar surface area (TPSA) is 73.2 Å². The lowest BCUT2D eigenvalue weighted by atomic mass is 10.2. The van der Waals surface area contributed by atoms with Crippen molar-refractivity contribution in [2.75, 3.05) is 31.1 Å². The first-order valence-corrected chi connectivity index (χ1v) is 8.00. The van der Waals surface area contributed by atoms with Gasteiger partial charge in [-0.1, -0.05) is 0 Å². The fraction of sp³-hybridized carbons (Fsp3) is 0.909. The molecule has 1 aliphatic heterocycles. The van der Waals surface area contributed by atoms with Gasteiger partial charge in [0.05, 0.1) is 23.6 Å². The molecule has 0 aromatic rings. The summed E-state index contributed by atoms with van der Waals surface area (Å²) in [6.07, 6.45) is 3.15. The second-order valence-corrected chi connectivity index (χ2v) is 7.21. The van der Waals surface area contributed by atoms with Gasteiger partial charge in [-0.25, -0.2) is 8.42 Å². The van der Waals surface area contributed by atoms with E-state index in [9.17, 15) is 8.42 Å². The van der Waals surface area contributed by atoms with Gasteiger partial charge in [0.2, 0.25) is 0 Å². The summed E-state index contributed by atoms with van der Waals surface area (Å²) >= 11 is 0.